The van der Waals surface area contributed by atoms with E-state index in [4.69, 9.17) is 14.0 Å². The van der Waals surface area contributed by atoms with Gasteiger partial charge in [0.05, 0.1) is 5.92 Å². The Morgan fingerprint density at radius 3 is 2.22 bits per heavy atom. The number of carbonyl (C=O) groups is 1. The lowest BCUT2D eigenvalue weighted by molar-refractivity contribution is -0.208. The van der Waals surface area contributed by atoms with E-state index >= 15 is 0 Å². The topological polar surface area (TPSA) is 55.8 Å². The summed E-state index contributed by atoms with van der Waals surface area (Å²) in [5.74, 6) is -0.994. The van der Waals surface area contributed by atoms with E-state index in [-0.39, 0.29) is 11.3 Å². The minimum Gasteiger partial charge on any atom is -0.481 e. The van der Waals surface area contributed by atoms with E-state index in [1.165, 1.54) is 0 Å². The third-order valence-electron chi connectivity index (χ3n) is 4.91. The molecular formula is C12H26O4Si2. The summed E-state index contributed by atoms with van der Waals surface area (Å²) in [6.07, 6.45) is 3.31. The van der Waals surface area contributed by atoms with Crippen LogP contribution in [0.5, 0.6) is 0 Å². The summed E-state index contributed by atoms with van der Waals surface area (Å²) in [5, 5.41) is 9.12. The first kappa shape index (κ1) is 15.9. The highest BCUT2D eigenvalue weighted by Gasteiger charge is 2.51. The zero-order valence-electron chi connectivity index (χ0n) is 12.2. The Labute approximate surface area is 116 Å². The number of carboxylic acids is 1. The number of hydrogen-bond acceptors (Lipinski definition) is 3. The largest absolute Gasteiger partial charge is 0.481 e. The summed E-state index contributed by atoms with van der Waals surface area (Å²) in [5.41, 5.74) is -0.130. The van der Waals surface area contributed by atoms with Crippen molar-refractivity contribution in [2.75, 3.05) is 0 Å². The molecule has 4 nitrogen and oxygen atoms in total. The first-order valence-corrected chi connectivity index (χ1v) is 8.31. The van der Waals surface area contributed by atoms with E-state index in [0.717, 1.165) is 25.7 Å². The number of hydrogen-bond donors (Lipinski definition) is 1. The molecule has 18 heavy (non-hydrogen) atoms. The molecule has 0 amide bonds. The van der Waals surface area contributed by atoms with Crippen molar-refractivity contribution < 1.29 is 18.8 Å². The van der Waals surface area contributed by atoms with Crippen LogP contribution in [0.1, 0.15) is 46.5 Å². The Balaban J connectivity index is 2.89. The van der Waals surface area contributed by atoms with Gasteiger partial charge in [-0.1, -0.05) is 20.8 Å². The highest BCUT2D eigenvalue weighted by Crippen LogP contribution is 2.50. The lowest BCUT2D eigenvalue weighted by Gasteiger charge is -2.48. The SMILES string of the molecule is CCC(O[SiH3])(O[SiH3])C(C)(C)C1CCC(C(=O)O)C1. The maximum absolute atomic E-state index is 11.1. The van der Waals surface area contributed by atoms with Crippen LogP contribution in [0, 0.1) is 17.3 Å². The van der Waals surface area contributed by atoms with Gasteiger partial charge in [0.25, 0.3) is 0 Å². The van der Waals surface area contributed by atoms with Gasteiger partial charge in [0, 0.05) is 5.41 Å². The van der Waals surface area contributed by atoms with Crippen molar-refractivity contribution in [3.63, 3.8) is 0 Å². The van der Waals surface area contributed by atoms with Gasteiger partial charge in [0.15, 0.2) is 5.79 Å². The summed E-state index contributed by atoms with van der Waals surface area (Å²) in [6.45, 7) is 6.42. The van der Waals surface area contributed by atoms with Crippen molar-refractivity contribution in [3.8, 4) is 0 Å². The number of aliphatic carboxylic acids is 1. The minimum atomic E-state index is -0.658. The Kier molecular flexibility index (Phi) is 5.17. The van der Waals surface area contributed by atoms with Crippen molar-refractivity contribution in [2.24, 2.45) is 17.3 Å². The van der Waals surface area contributed by atoms with Crippen LogP contribution in [-0.4, -0.2) is 37.8 Å². The molecule has 1 fully saturated rings. The van der Waals surface area contributed by atoms with E-state index in [2.05, 4.69) is 20.8 Å². The fourth-order valence-corrected chi connectivity index (χ4v) is 5.82. The monoisotopic (exact) mass is 290 g/mol. The molecule has 0 spiro atoms. The minimum absolute atomic E-state index is 0.130. The van der Waals surface area contributed by atoms with Crippen LogP contribution in [0.3, 0.4) is 0 Å². The fourth-order valence-electron chi connectivity index (χ4n) is 3.53. The van der Waals surface area contributed by atoms with E-state index in [9.17, 15) is 4.79 Å². The van der Waals surface area contributed by atoms with Gasteiger partial charge in [-0.25, -0.2) is 0 Å². The summed E-state index contributed by atoms with van der Waals surface area (Å²) in [7, 11) is 1.28. The van der Waals surface area contributed by atoms with E-state index in [0.29, 0.717) is 26.9 Å². The second-order valence-electron chi connectivity index (χ2n) is 5.78. The maximum atomic E-state index is 11.1. The first-order chi connectivity index (χ1) is 8.34. The summed E-state index contributed by atoms with van der Waals surface area (Å²) < 4.78 is 11.6. The second kappa shape index (κ2) is 5.85. The molecule has 1 N–H and O–H groups in total. The van der Waals surface area contributed by atoms with Gasteiger partial charge in [0.1, 0.15) is 21.0 Å². The Morgan fingerprint density at radius 2 is 1.89 bits per heavy atom. The molecule has 1 rings (SSSR count). The molecule has 0 bridgehead atoms. The average Bonchev–Trinajstić information content (AvgIpc) is 2.81. The second-order valence-corrected chi connectivity index (χ2v) is 6.60. The quantitative estimate of drug-likeness (QED) is 0.561. The van der Waals surface area contributed by atoms with Crippen LogP contribution in [0.15, 0.2) is 0 Å². The smallest absolute Gasteiger partial charge is 0.306 e. The predicted molar refractivity (Wildman–Crippen MR) is 77.3 cm³/mol. The molecule has 2 atom stereocenters. The molecule has 0 heterocycles. The predicted octanol–water partition coefficient (Wildman–Crippen LogP) is 0.214. The summed E-state index contributed by atoms with van der Waals surface area (Å²) in [6, 6.07) is 0. The van der Waals surface area contributed by atoms with Gasteiger partial charge in [-0.15, -0.1) is 0 Å². The Morgan fingerprint density at radius 1 is 1.33 bits per heavy atom. The van der Waals surface area contributed by atoms with Gasteiger partial charge in [-0.3, -0.25) is 4.79 Å². The standard InChI is InChI=1S/C12H26O4Si2/c1-4-12(15-17,16-18)11(2,3)9-6-5-8(7-9)10(13)14/h8-9H,4-7H2,1-3,17-18H3,(H,13,14). The van der Waals surface area contributed by atoms with Crippen molar-refractivity contribution >= 4 is 26.9 Å². The Hall–Kier alpha value is -0.176. The number of carboxylic acid groups (broad SMARTS) is 1. The Bertz CT molecular complexity index is 294. The molecule has 1 aliphatic rings. The molecule has 0 saturated heterocycles. The molecule has 106 valence electrons. The third kappa shape index (κ3) is 2.56. The lowest BCUT2D eigenvalue weighted by Crippen LogP contribution is -2.51. The van der Waals surface area contributed by atoms with Crippen molar-refractivity contribution in [1.29, 1.82) is 0 Å². The summed E-state index contributed by atoms with van der Waals surface area (Å²) >= 11 is 0. The molecule has 0 aromatic heterocycles. The molecule has 1 aliphatic carbocycles. The molecule has 0 aliphatic heterocycles. The van der Waals surface area contributed by atoms with Gasteiger partial charge < -0.3 is 14.0 Å². The highest BCUT2D eigenvalue weighted by molar-refractivity contribution is 6.00. The van der Waals surface area contributed by atoms with Crippen LogP contribution in [0.4, 0.5) is 0 Å². The molecule has 0 radical (unpaired) electrons. The average molecular weight is 291 g/mol. The van der Waals surface area contributed by atoms with Crippen LogP contribution in [0.2, 0.25) is 0 Å². The zero-order chi connectivity index (χ0) is 14.0. The zero-order valence-corrected chi connectivity index (χ0v) is 16.2. The van der Waals surface area contributed by atoms with Crippen molar-refractivity contribution in [1.82, 2.24) is 0 Å². The van der Waals surface area contributed by atoms with E-state index in [1.54, 1.807) is 0 Å². The number of rotatable bonds is 6. The summed E-state index contributed by atoms with van der Waals surface area (Å²) in [4.78, 5) is 11.1. The molecular weight excluding hydrogens is 264 g/mol. The molecule has 6 heteroatoms. The van der Waals surface area contributed by atoms with E-state index < -0.39 is 11.8 Å². The van der Waals surface area contributed by atoms with Gasteiger partial charge in [-0.2, -0.15) is 0 Å². The van der Waals surface area contributed by atoms with Crippen molar-refractivity contribution in [2.45, 2.75) is 52.2 Å². The van der Waals surface area contributed by atoms with Gasteiger partial charge >= 0.3 is 5.97 Å². The van der Waals surface area contributed by atoms with Crippen molar-refractivity contribution in [3.05, 3.63) is 0 Å². The van der Waals surface area contributed by atoms with Gasteiger partial charge in [-0.05, 0) is 31.6 Å². The molecule has 0 aromatic carbocycles. The van der Waals surface area contributed by atoms with Crippen LogP contribution >= 0.6 is 0 Å². The molecule has 2 unspecified atom stereocenters. The third-order valence-corrected chi connectivity index (χ3v) is 6.23. The van der Waals surface area contributed by atoms with Crippen LogP contribution < -0.4 is 0 Å². The molecule has 0 aromatic rings. The van der Waals surface area contributed by atoms with Crippen LogP contribution in [-0.2, 0) is 13.6 Å². The maximum Gasteiger partial charge on any atom is 0.306 e. The molecule has 1 saturated carbocycles. The first-order valence-electron chi connectivity index (χ1n) is 6.67. The van der Waals surface area contributed by atoms with Crippen LogP contribution in [0.25, 0.3) is 0 Å². The fraction of sp³-hybridized carbons (Fsp3) is 0.917. The highest BCUT2D eigenvalue weighted by atomic mass is 28.2. The normalized spacial score (nSPS) is 28.4. The van der Waals surface area contributed by atoms with E-state index in [1.807, 2.05) is 0 Å². The lowest BCUT2D eigenvalue weighted by atomic mass is 9.70. The van der Waals surface area contributed by atoms with Gasteiger partial charge in [0.2, 0.25) is 0 Å².